The molecular formula is C22H18F3N5O2S2. The van der Waals surface area contributed by atoms with Crippen molar-refractivity contribution in [3.8, 4) is 21.8 Å². The van der Waals surface area contributed by atoms with Crippen LogP contribution >= 0.6 is 11.3 Å². The van der Waals surface area contributed by atoms with Gasteiger partial charge in [0.15, 0.2) is 10.7 Å². The standard InChI is InChI=1S/C22H18F3N5O2S2/c1-11(2)21-29-18(19(33-21)16-9-10-27-22(26)28-16)12-5-3-8-15(17(12)25)30-34(31,32)20-13(23)6-4-7-14(20)24/h3-11,30H,1-2H3,(H2,26,27,28). The first-order valence-corrected chi connectivity index (χ1v) is 12.2. The quantitative estimate of drug-likeness (QED) is 0.373. The number of aromatic nitrogens is 3. The van der Waals surface area contributed by atoms with Crippen molar-refractivity contribution in [2.24, 2.45) is 0 Å². The van der Waals surface area contributed by atoms with E-state index in [4.69, 9.17) is 5.73 Å². The number of anilines is 2. The van der Waals surface area contributed by atoms with E-state index < -0.39 is 38.1 Å². The number of thiazole rings is 1. The number of hydrogen-bond donors (Lipinski definition) is 2. The molecule has 4 rings (SSSR count). The summed E-state index contributed by atoms with van der Waals surface area (Å²) in [5, 5.41) is 0.695. The van der Waals surface area contributed by atoms with Crippen LogP contribution in [-0.4, -0.2) is 23.4 Å². The Morgan fingerprint density at radius 3 is 2.32 bits per heavy atom. The van der Waals surface area contributed by atoms with Crippen molar-refractivity contribution < 1.29 is 21.6 Å². The molecule has 0 bridgehead atoms. The molecule has 0 spiro atoms. The van der Waals surface area contributed by atoms with Crippen molar-refractivity contribution >= 4 is 33.0 Å². The van der Waals surface area contributed by atoms with Gasteiger partial charge in [-0.1, -0.05) is 26.0 Å². The molecule has 0 atom stereocenters. The van der Waals surface area contributed by atoms with Gasteiger partial charge >= 0.3 is 0 Å². The number of sulfonamides is 1. The number of nitrogens with one attached hydrogen (secondary N) is 1. The van der Waals surface area contributed by atoms with E-state index in [1.807, 2.05) is 18.6 Å². The Balaban J connectivity index is 1.83. The average Bonchev–Trinajstić information content (AvgIpc) is 3.20. The molecule has 0 fully saturated rings. The molecule has 3 N–H and O–H groups in total. The number of halogens is 3. The lowest BCUT2D eigenvalue weighted by Gasteiger charge is -2.12. The highest BCUT2D eigenvalue weighted by Gasteiger charge is 2.27. The second kappa shape index (κ2) is 9.03. The molecule has 2 heterocycles. The fourth-order valence-corrected chi connectivity index (χ4v) is 5.42. The Hall–Kier alpha value is -3.51. The van der Waals surface area contributed by atoms with Crippen LogP contribution in [-0.2, 0) is 10.0 Å². The van der Waals surface area contributed by atoms with Crippen LogP contribution in [0.15, 0.2) is 53.6 Å². The van der Waals surface area contributed by atoms with Gasteiger partial charge in [0.05, 0.1) is 27.0 Å². The second-order valence-electron chi connectivity index (χ2n) is 7.51. The number of nitrogens with zero attached hydrogens (tertiary/aromatic N) is 3. The summed E-state index contributed by atoms with van der Waals surface area (Å²) < 4.78 is 71.0. The van der Waals surface area contributed by atoms with Crippen molar-refractivity contribution in [1.82, 2.24) is 15.0 Å². The van der Waals surface area contributed by atoms with Gasteiger partial charge in [0.1, 0.15) is 11.6 Å². The molecule has 0 saturated heterocycles. The monoisotopic (exact) mass is 505 g/mol. The summed E-state index contributed by atoms with van der Waals surface area (Å²) in [5.74, 6) is -3.52. The fraction of sp³-hybridized carbons (Fsp3) is 0.136. The molecule has 2 aromatic carbocycles. The molecule has 0 aliphatic rings. The van der Waals surface area contributed by atoms with Gasteiger partial charge in [0.2, 0.25) is 5.95 Å². The van der Waals surface area contributed by atoms with E-state index in [1.165, 1.54) is 29.7 Å². The lowest BCUT2D eigenvalue weighted by atomic mass is 10.1. The predicted octanol–water partition coefficient (Wildman–Crippen LogP) is 5.19. The van der Waals surface area contributed by atoms with Gasteiger partial charge in [0, 0.05) is 17.7 Å². The van der Waals surface area contributed by atoms with Gasteiger partial charge in [-0.25, -0.2) is 36.5 Å². The van der Waals surface area contributed by atoms with Gasteiger partial charge in [-0.2, -0.15) is 0 Å². The van der Waals surface area contributed by atoms with Gasteiger partial charge in [0.25, 0.3) is 10.0 Å². The lowest BCUT2D eigenvalue weighted by Crippen LogP contribution is -2.17. The van der Waals surface area contributed by atoms with E-state index in [1.54, 1.807) is 6.07 Å². The summed E-state index contributed by atoms with van der Waals surface area (Å²) in [7, 11) is -4.77. The minimum absolute atomic E-state index is 0.0189. The molecule has 176 valence electrons. The SMILES string of the molecule is CC(C)c1nc(-c2cccc(NS(=O)(=O)c3c(F)cccc3F)c2F)c(-c2ccnc(N)n2)s1. The third kappa shape index (κ3) is 4.46. The Morgan fingerprint density at radius 1 is 1.00 bits per heavy atom. The third-order valence-electron chi connectivity index (χ3n) is 4.73. The molecule has 0 aliphatic carbocycles. The maximum Gasteiger partial charge on any atom is 0.267 e. The van der Waals surface area contributed by atoms with Crippen molar-refractivity contribution in [1.29, 1.82) is 0 Å². The Kier molecular flexibility index (Phi) is 6.28. The summed E-state index contributed by atoms with van der Waals surface area (Å²) in [4.78, 5) is 11.9. The largest absolute Gasteiger partial charge is 0.368 e. The van der Waals surface area contributed by atoms with E-state index in [9.17, 15) is 17.2 Å². The maximum atomic E-state index is 15.6. The first kappa shape index (κ1) is 23.6. The molecule has 4 aromatic rings. The molecule has 0 amide bonds. The van der Waals surface area contributed by atoms with E-state index in [0.29, 0.717) is 15.6 Å². The van der Waals surface area contributed by atoms with Crippen LogP contribution in [0.25, 0.3) is 21.8 Å². The number of rotatable bonds is 6. The zero-order chi connectivity index (χ0) is 24.6. The second-order valence-corrected chi connectivity index (χ2v) is 10.2. The van der Waals surface area contributed by atoms with Crippen LogP contribution in [0, 0.1) is 17.5 Å². The highest BCUT2D eigenvalue weighted by Crippen LogP contribution is 2.40. The van der Waals surface area contributed by atoms with Gasteiger partial charge in [-0.15, -0.1) is 11.3 Å². The van der Waals surface area contributed by atoms with Crippen LogP contribution in [0.5, 0.6) is 0 Å². The summed E-state index contributed by atoms with van der Waals surface area (Å²) >= 11 is 1.29. The third-order valence-corrected chi connectivity index (χ3v) is 7.52. The van der Waals surface area contributed by atoms with Crippen LogP contribution in [0.4, 0.5) is 24.8 Å². The molecule has 0 unspecified atom stereocenters. The first-order valence-electron chi connectivity index (χ1n) is 9.94. The van der Waals surface area contributed by atoms with Gasteiger partial charge in [-0.05, 0) is 30.3 Å². The molecule has 2 aromatic heterocycles. The summed E-state index contributed by atoms with van der Waals surface area (Å²) in [5.41, 5.74) is 5.83. The Bertz CT molecular complexity index is 1470. The minimum Gasteiger partial charge on any atom is -0.368 e. The fourth-order valence-electron chi connectivity index (χ4n) is 3.17. The normalized spacial score (nSPS) is 11.7. The van der Waals surface area contributed by atoms with Crippen molar-refractivity contribution in [3.05, 3.63) is 71.1 Å². The van der Waals surface area contributed by atoms with Gasteiger partial charge in [-0.3, -0.25) is 4.72 Å². The minimum atomic E-state index is -4.77. The average molecular weight is 506 g/mol. The van der Waals surface area contributed by atoms with Crippen LogP contribution in [0.1, 0.15) is 24.8 Å². The topological polar surface area (TPSA) is 111 Å². The van der Waals surface area contributed by atoms with E-state index in [0.717, 1.165) is 24.3 Å². The molecule has 7 nitrogen and oxygen atoms in total. The molecule has 0 aliphatic heterocycles. The Labute approximate surface area is 197 Å². The number of hydrogen-bond acceptors (Lipinski definition) is 7. The lowest BCUT2D eigenvalue weighted by molar-refractivity contribution is 0.521. The van der Waals surface area contributed by atoms with Crippen LogP contribution in [0.3, 0.4) is 0 Å². The van der Waals surface area contributed by atoms with E-state index >= 15 is 4.39 Å². The first-order chi connectivity index (χ1) is 16.1. The highest BCUT2D eigenvalue weighted by molar-refractivity contribution is 7.92. The summed E-state index contributed by atoms with van der Waals surface area (Å²) in [6, 6.07) is 8.20. The van der Waals surface area contributed by atoms with Crippen molar-refractivity contribution in [2.75, 3.05) is 10.5 Å². The van der Waals surface area contributed by atoms with Crippen molar-refractivity contribution in [2.45, 2.75) is 24.7 Å². The maximum absolute atomic E-state index is 15.6. The number of nitrogen functional groups attached to an aromatic ring is 1. The smallest absolute Gasteiger partial charge is 0.267 e. The van der Waals surface area contributed by atoms with E-state index in [2.05, 4.69) is 15.0 Å². The van der Waals surface area contributed by atoms with Crippen molar-refractivity contribution in [3.63, 3.8) is 0 Å². The molecule has 34 heavy (non-hydrogen) atoms. The highest BCUT2D eigenvalue weighted by atomic mass is 32.2. The zero-order valence-electron chi connectivity index (χ0n) is 17.9. The number of benzene rings is 2. The molecular weight excluding hydrogens is 487 g/mol. The zero-order valence-corrected chi connectivity index (χ0v) is 19.5. The van der Waals surface area contributed by atoms with Crippen LogP contribution in [0.2, 0.25) is 0 Å². The van der Waals surface area contributed by atoms with Crippen LogP contribution < -0.4 is 10.5 Å². The number of nitrogens with two attached hydrogens (primary N) is 1. The van der Waals surface area contributed by atoms with E-state index in [-0.39, 0.29) is 23.1 Å². The Morgan fingerprint density at radius 2 is 1.68 bits per heavy atom. The van der Waals surface area contributed by atoms with Gasteiger partial charge < -0.3 is 5.73 Å². The predicted molar refractivity (Wildman–Crippen MR) is 124 cm³/mol. The molecule has 12 heteroatoms. The summed E-state index contributed by atoms with van der Waals surface area (Å²) in [6.45, 7) is 3.84. The molecule has 0 saturated carbocycles. The summed E-state index contributed by atoms with van der Waals surface area (Å²) in [6.07, 6.45) is 1.46. The molecule has 0 radical (unpaired) electrons.